The van der Waals surface area contributed by atoms with E-state index in [0.717, 1.165) is 11.8 Å². The van der Waals surface area contributed by atoms with Crippen molar-refractivity contribution in [3.8, 4) is 16.9 Å². The summed E-state index contributed by atoms with van der Waals surface area (Å²) in [6, 6.07) is 11.4. The number of carbonyl (C=O) groups excluding carboxylic acids is 2. The Balaban J connectivity index is 2.44. The Hall–Kier alpha value is -3.08. The molecule has 3 rings (SSSR count). The van der Waals surface area contributed by atoms with Crippen molar-refractivity contribution in [1.82, 2.24) is 4.40 Å². The summed E-state index contributed by atoms with van der Waals surface area (Å²) in [6.45, 7) is 10.8. The van der Waals surface area contributed by atoms with E-state index >= 15 is 0 Å². The van der Waals surface area contributed by atoms with Gasteiger partial charge in [-0.2, -0.15) is 0 Å². The quantitative estimate of drug-likeness (QED) is 0.422. The maximum atomic E-state index is 12.9. The lowest BCUT2D eigenvalue weighted by atomic mass is 9.84. The van der Waals surface area contributed by atoms with Gasteiger partial charge in [0.1, 0.15) is 5.75 Å². The van der Waals surface area contributed by atoms with Crippen LogP contribution < -0.4 is 4.74 Å². The van der Waals surface area contributed by atoms with Gasteiger partial charge in [-0.05, 0) is 49.1 Å². The lowest BCUT2D eigenvalue weighted by molar-refractivity contribution is 0.0529. The molecule has 152 valence electrons. The van der Waals surface area contributed by atoms with Crippen LogP contribution in [0.2, 0.25) is 0 Å². The molecule has 1 aromatic carbocycles. The van der Waals surface area contributed by atoms with Gasteiger partial charge in [0.25, 0.3) is 0 Å². The molecule has 0 radical (unpaired) electrons. The highest BCUT2D eigenvalue weighted by Crippen LogP contribution is 2.40. The number of hydrogen-bond donors (Lipinski definition) is 0. The van der Waals surface area contributed by atoms with Crippen LogP contribution >= 0.6 is 0 Å². The molecule has 0 aliphatic carbocycles. The summed E-state index contributed by atoms with van der Waals surface area (Å²) in [7, 11) is 0. The minimum atomic E-state index is -0.456. The third kappa shape index (κ3) is 3.77. The summed E-state index contributed by atoms with van der Waals surface area (Å²) in [5, 5.41) is 0. The number of rotatable bonds is 6. The Kier molecular flexibility index (Phi) is 5.78. The van der Waals surface area contributed by atoms with Crippen molar-refractivity contribution in [2.75, 3.05) is 13.2 Å². The number of esters is 1. The average molecular weight is 393 g/mol. The summed E-state index contributed by atoms with van der Waals surface area (Å²) in [5.41, 5.74) is 3.64. The van der Waals surface area contributed by atoms with Crippen LogP contribution in [0.4, 0.5) is 0 Å². The van der Waals surface area contributed by atoms with Crippen molar-refractivity contribution in [1.29, 1.82) is 0 Å². The van der Waals surface area contributed by atoms with Crippen molar-refractivity contribution in [2.45, 2.75) is 40.0 Å². The highest BCUT2D eigenvalue weighted by Gasteiger charge is 2.28. The third-order valence-corrected chi connectivity index (χ3v) is 4.89. The first-order chi connectivity index (χ1) is 13.8. The molecule has 0 aliphatic rings. The normalized spacial score (nSPS) is 11.5. The van der Waals surface area contributed by atoms with Gasteiger partial charge in [0.05, 0.1) is 30.0 Å². The van der Waals surface area contributed by atoms with E-state index in [9.17, 15) is 9.59 Å². The molecule has 5 nitrogen and oxygen atoms in total. The first-order valence-electron chi connectivity index (χ1n) is 9.86. The molecule has 0 bridgehead atoms. The topological polar surface area (TPSA) is 57.0 Å². The molecular weight excluding hydrogens is 366 g/mol. The van der Waals surface area contributed by atoms with Gasteiger partial charge in [0.2, 0.25) is 0 Å². The van der Waals surface area contributed by atoms with Crippen LogP contribution in [0.3, 0.4) is 0 Å². The molecular formula is C24H27NO4. The fourth-order valence-corrected chi connectivity index (χ4v) is 3.50. The number of aromatic nitrogens is 1. The molecule has 0 amide bonds. The van der Waals surface area contributed by atoms with Gasteiger partial charge >= 0.3 is 5.97 Å². The predicted molar refractivity (Wildman–Crippen MR) is 114 cm³/mol. The van der Waals surface area contributed by atoms with Crippen molar-refractivity contribution in [2.24, 2.45) is 0 Å². The summed E-state index contributed by atoms with van der Waals surface area (Å²) in [6.07, 6.45) is 2.56. The zero-order chi connectivity index (χ0) is 21.2. The summed E-state index contributed by atoms with van der Waals surface area (Å²) < 4.78 is 12.9. The highest BCUT2D eigenvalue weighted by molar-refractivity contribution is 6.10. The first kappa shape index (κ1) is 20.6. The Morgan fingerprint density at radius 3 is 2.48 bits per heavy atom. The number of ether oxygens (including phenoxy) is 2. The van der Waals surface area contributed by atoms with Gasteiger partial charge in [-0.25, -0.2) is 4.79 Å². The van der Waals surface area contributed by atoms with Gasteiger partial charge < -0.3 is 13.9 Å². The Morgan fingerprint density at radius 1 is 1.10 bits per heavy atom. The van der Waals surface area contributed by atoms with Gasteiger partial charge in [-0.1, -0.05) is 32.9 Å². The monoisotopic (exact) mass is 393 g/mol. The second-order valence-electron chi connectivity index (χ2n) is 7.82. The summed E-state index contributed by atoms with van der Waals surface area (Å²) in [4.78, 5) is 25.1. The molecule has 0 spiro atoms. The SMILES string of the molecule is CCOC(=O)c1c(-c2cc(C(C)(C)C)ccc2OCC)c(C=O)n2ccccc12. The molecule has 0 saturated heterocycles. The number of pyridine rings is 1. The lowest BCUT2D eigenvalue weighted by Gasteiger charge is -2.22. The molecule has 29 heavy (non-hydrogen) atoms. The van der Waals surface area contributed by atoms with Crippen LogP contribution in [0.15, 0.2) is 42.6 Å². The number of hydrogen-bond acceptors (Lipinski definition) is 4. The minimum absolute atomic E-state index is 0.107. The molecule has 2 heterocycles. The maximum absolute atomic E-state index is 12.9. The van der Waals surface area contributed by atoms with Gasteiger partial charge in [0, 0.05) is 17.3 Å². The third-order valence-electron chi connectivity index (χ3n) is 4.89. The average Bonchev–Trinajstić information content (AvgIpc) is 3.02. The Labute approximate surface area is 171 Å². The van der Waals surface area contributed by atoms with E-state index in [1.807, 2.05) is 43.3 Å². The van der Waals surface area contributed by atoms with E-state index in [-0.39, 0.29) is 12.0 Å². The van der Waals surface area contributed by atoms with E-state index in [2.05, 4.69) is 20.8 Å². The summed E-state index contributed by atoms with van der Waals surface area (Å²) >= 11 is 0. The highest BCUT2D eigenvalue weighted by atomic mass is 16.5. The van der Waals surface area contributed by atoms with E-state index in [4.69, 9.17) is 9.47 Å². The molecule has 0 aliphatic heterocycles. The predicted octanol–water partition coefficient (Wildman–Crippen LogP) is 5.29. The fourth-order valence-electron chi connectivity index (χ4n) is 3.50. The van der Waals surface area contributed by atoms with E-state index in [0.29, 0.717) is 40.3 Å². The van der Waals surface area contributed by atoms with Gasteiger partial charge in [-0.15, -0.1) is 0 Å². The minimum Gasteiger partial charge on any atom is -0.493 e. The number of fused-ring (bicyclic) bond motifs is 1. The van der Waals surface area contributed by atoms with Crippen LogP contribution in [0.5, 0.6) is 5.75 Å². The van der Waals surface area contributed by atoms with E-state index in [1.54, 1.807) is 17.5 Å². The fraction of sp³-hybridized carbons (Fsp3) is 0.333. The van der Waals surface area contributed by atoms with Crippen molar-refractivity contribution in [3.05, 3.63) is 59.4 Å². The van der Waals surface area contributed by atoms with Crippen LogP contribution in [-0.4, -0.2) is 29.9 Å². The molecule has 0 unspecified atom stereocenters. The number of nitrogens with zero attached hydrogens (tertiary/aromatic N) is 1. The summed E-state index contributed by atoms with van der Waals surface area (Å²) in [5.74, 6) is 0.174. The zero-order valence-electron chi connectivity index (χ0n) is 17.6. The number of aldehydes is 1. The van der Waals surface area contributed by atoms with Crippen LogP contribution in [0, 0.1) is 0 Å². The van der Waals surface area contributed by atoms with Crippen LogP contribution in [0.1, 0.15) is 61.0 Å². The first-order valence-corrected chi connectivity index (χ1v) is 9.86. The van der Waals surface area contributed by atoms with E-state index in [1.165, 1.54) is 0 Å². The molecule has 0 atom stereocenters. The number of carbonyl (C=O) groups is 2. The van der Waals surface area contributed by atoms with Gasteiger partial charge in [0.15, 0.2) is 6.29 Å². The molecule has 0 saturated carbocycles. The zero-order valence-corrected chi connectivity index (χ0v) is 17.6. The van der Waals surface area contributed by atoms with Crippen molar-refractivity contribution < 1.29 is 19.1 Å². The van der Waals surface area contributed by atoms with Crippen LogP contribution in [0.25, 0.3) is 16.6 Å². The Morgan fingerprint density at radius 2 is 1.86 bits per heavy atom. The molecule has 3 aromatic rings. The van der Waals surface area contributed by atoms with Crippen LogP contribution in [-0.2, 0) is 10.2 Å². The van der Waals surface area contributed by atoms with Gasteiger partial charge in [-0.3, -0.25) is 4.79 Å². The van der Waals surface area contributed by atoms with E-state index < -0.39 is 5.97 Å². The largest absolute Gasteiger partial charge is 0.493 e. The maximum Gasteiger partial charge on any atom is 0.340 e. The number of benzene rings is 1. The smallest absolute Gasteiger partial charge is 0.340 e. The standard InChI is InChI=1S/C24H27NO4/c1-6-28-20-12-11-16(24(3,4)5)14-17(20)21-19(15-26)25-13-9-8-10-18(25)22(21)23(27)29-7-2/h8-15H,6-7H2,1-5H3. The Bertz CT molecular complexity index is 1060. The molecule has 0 fully saturated rings. The lowest BCUT2D eigenvalue weighted by Crippen LogP contribution is -2.12. The second-order valence-corrected chi connectivity index (χ2v) is 7.82. The molecule has 0 N–H and O–H groups in total. The van der Waals surface area contributed by atoms with Crippen molar-refractivity contribution >= 4 is 17.8 Å². The van der Waals surface area contributed by atoms with Crippen molar-refractivity contribution in [3.63, 3.8) is 0 Å². The second kappa shape index (κ2) is 8.11. The molecule has 2 aromatic heterocycles. The molecule has 5 heteroatoms.